The van der Waals surface area contributed by atoms with Crippen LogP contribution in [0.3, 0.4) is 0 Å². The van der Waals surface area contributed by atoms with Gasteiger partial charge in [-0.25, -0.2) is 4.79 Å². The first-order chi connectivity index (χ1) is 10.8. The molecule has 23 heavy (non-hydrogen) atoms. The van der Waals surface area contributed by atoms with Gasteiger partial charge in [0.25, 0.3) is 0 Å². The van der Waals surface area contributed by atoms with Gasteiger partial charge >= 0.3 is 6.09 Å². The number of hydrogen-bond donors (Lipinski definition) is 2. The Labute approximate surface area is 136 Å². The zero-order chi connectivity index (χ0) is 17.0. The third-order valence-electron chi connectivity index (χ3n) is 3.68. The molecule has 0 spiro atoms. The molecule has 2 atom stereocenters. The Bertz CT molecular complexity index is 544. The summed E-state index contributed by atoms with van der Waals surface area (Å²) < 4.78 is 11.0. The topological polar surface area (TPSA) is 104 Å². The molecule has 1 aromatic rings. The molecule has 0 aliphatic carbocycles. The first-order valence-electron chi connectivity index (χ1n) is 7.79. The number of hydrogen-bond acceptors (Lipinski definition) is 6. The van der Waals surface area contributed by atoms with Crippen LogP contribution in [0.5, 0.6) is 0 Å². The monoisotopic (exact) mass is 322 g/mol. The molecule has 4 N–H and O–H groups in total. The maximum absolute atomic E-state index is 12.4. The molecule has 128 valence electrons. The van der Waals surface area contributed by atoms with Crippen molar-refractivity contribution in [3.63, 3.8) is 0 Å². The molecule has 1 saturated heterocycles. The number of morpholine rings is 1. The predicted octanol–water partition coefficient (Wildman–Crippen LogP) is 1.17. The Kier molecular flexibility index (Phi) is 5.43. The molecular formula is C16H26N4O3. The predicted molar refractivity (Wildman–Crippen MR) is 87.9 cm³/mol. The lowest BCUT2D eigenvalue weighted by atomic mass is 9.99. The molecule has 7 heteroatoms. The van der Waals surface area contributed by atoms with E-state index in [9.17, 15) is 4.79 Å². The number of nitrogens with two attached hydrogens (primary N) is 2. The second kappa shape index (κ2) is 7.14. The average molecular weight is 322 g/mol. The second-order valence-corrected chi connectivity index (χ2v) is 6.76. The molecular weight excluding hydrogens is 296 g/mol. The minimum absolute atomic E-state index is 0.252. The quantitative estimate of drug-likeness (QED) is 0.866. The van der Waals surface area contributed by atoms with E-state index in [-0.39, 0.29) is 18.2 Å². The van der Waals surface area contributed by atoms with Crippen LogP contribution in [-0.4, -0.2) is 53.4 Å². The first-order valence-corrected chi connectivity index (χ1v) is 7.79. The van der Waals surface area contributed by atoms with E-state index in [0.717, 1.165) is 5.56 Å². The maximum Gasteiger partial charge on any atom is 0.410 e. The highest BCUT2D eigenvalue weighted by atomic mass is 16.6. The largest absolute Gasteiger partial charge is 0.444 e. The molecule has 0 radical (unpaired) electrons. The van der Waals surface area contributed by atoms with Gasteiger partial charge in [0.05, 0.1) is 19.3 Å². The number of aromatic nitrogens is 1. The van der Waals surface area contributed by atoms with Crippen molar-refractivity contribution in [3.05, 3.63) is 24.0 Å². The van der Waals surface area contributed by atoms with Crippen molar-refractivity contribution in [1.29, 1.82) is 0 Å². The number of carbonyl (C=O) groups excluding carboxylic acids is 1. The zero-order valence-corrected chi connectivity index (χ0v) is 14.0. The van der Waals surface area contributed by atoms with Gasteiger partial charge in [-0.15, -0.1) is 0 Å². The van der Waals surface area contributed by atoms with Crippen LogP contribution in [-0.2, 0) is 15.9 Å². The first kappa shape index (κ1) is 17.5. The fraction of sp³-hybridized carbons (Fsp3) is 0.625. The number of rotatable bonds is 3. The van der Waals surface area contributed by atoms with E-state index in [1.807, 2.05) is 20.8 Å². The highest BCUT2D eigenvalue weighted by Gasteiger charge is 2.34. The maximum atomic E-state index is 12.4. The Morgan fingerprint density at radius 2 is 2.30 bits per heavy atom. The van der Waals surface area contributed by atoms with Gasteiger partial charge in [-0.05, 0) is 38.8 Å². The lowest BCUT2D eigenvalue weighted by Gasteiger charge is -2.39. The van der Waals surface area contributed by atoms with Gasteiger partial charge in [0.15, 0.2) is 0 Å². The molecule has 0 saturated carbocycles. The van der Waals surface area contributed by atoms with Crippen molar-refractivity contribution < 1.29 is 14.3 Å². The van der Waals surface area contributed by atoms with Crippen molar-refractivity contribution >= 4 is 11.8 Å². The summed E-state index contributed by atoms with van der Waals surface area (Å²) >= 11 is 0. The summed E-state index contributed by atoms with van der Waals surface area (Å²) in [7, 11) is 0. The highest BCUT2D eigenvalue weighted by molar-refractivity contribution is 5.69. The summed E-state index contributed by atoms with van der Waals surface area (Å²) in [6.45, 7) is 6.87. The van der Waals surface area contributed by atoms with Gasteiger partial charge in [-0.3, -0.25) is 9.88 Å². The van der Waals surface area contributed by atoms with Gasteiger partial charge in [0, 0.05) is 30.7 Å². The number of anilines is 1. The van der Waals surface area contributed by atoms with E-state index in [1.165, 1.54) is 0 Å². The summed E-state index contributed by atoms with van der Waals surface area (Å²) in [4.78, 5) is 18.1. The molecule has 1 aliphatic rings. The van der Waals surface area contributed by atoms with Crippen LogP contribution < -0.4 is 11.5 Å². The van der Waals surface area contributed by atoms with E-state index in [4.69, 9.17) is 20.9 Å². The van der Waals surface area contributed by atoms with E-state index >= 15 is 0 Å². The van der Waals surface area contributed by atoms with E-state index in [0.29, 0.717) is 31.9 Å². The fourth-order valence-electron chi connectivity index (χ4n) is 2.52. The van der Waals surface area contributed by atoms with E-state index in [1.54, 1.807) is 23.4 Å². The summed E-state index contributed by atoms with van der Waals surface area (Å²) in [6, 6.07) is 1.18. The van der Waals surface area contributed by atoms with Gasteiger partial charge < -0.3 is 20.9 Å². The van der Waals surface area contributed by atoms with E-state index < -0.39 is 5.60 Å². The molecule has 1 fully saturated rings. The molecule has 0 aromatic carbocycles. The smallest absolute Gasteiger partial charge is 0.410 e. The SMILES string of the molecule is CC(C)(C)OC(=O)N1CCOCC1C(N)Cc1cnccc1N. The van der Waals surface area contributed by atoms with Crippen LogP contribution in [0.25, 0.3) is 0 Å². The Morgan fingerprint density at radius 1 is 1.57 bits per heavy atom. The molecule has 0 bridgehead atoms. The summed E-state index contributed by atoms with van der Waals surface area (Å²) in [6.07, 6.45) is 3.51. The van der Waals surface area contributed by atoms with Gasteiger partial charge in [0.2, 0.25) is 0 Å². The fourth-order valence-corrected chi connectivity index (χ4v) is 2.52. The summed E-state index contributed by atoms with van der Waals surface area (Å²) in [5.41, 5.74) is 13.2. The van der Waals surface area contributed by atoms with Crippen LogP contribution >= 0.6 is 0 Å². The summed E-state index contributed by atoms with van der Waals surface area (Å²) in [5.74, 6) is 0. The third kappa shape index (κ3) is 4.80. The van der Waals surface area contributed by atoms with Crippen LogP contribution in [0, 0.1) is 0 Å². The van der Waals surface area contributed by atoms with Gasteiger partial charge in [-0.1, -0.05) is 0 Å². The minimum Gasteiger partial charge on any atom is -0.444 e. The highest BCUT2D eigenvalue weighted by Crippen LogP contribution is 2.19. The number of nitrogen functional groups attached to an aromatic ring is 1. The van der Waals surface area contributed by atoms with Crippen LogP contribution in [0.1, 0.15) is 26.3 Å². The number of nitrogens with zero attached hydrogens (tertiary/aromatic N) is 2. The molecule has 1 amide bonds. The van der Waals surface area contributed by atoms with Crippen LogP contribution in [0.2, 0.25) is 0 Å². The lowest BCUT2D eigenvalue weighted by Crippen LogP contribution is -2.58. The van der Waals surface area contributed by atoms with Gasteiger partial charge in [-0.2, -0.15) is 0 Å². The number of amides is 1. The minimum atomic E-state index is -0.544. The Balaban J connectivity index is 2.08. The Hall–Kier alpha value is -1.86. The van der Waals surface area contributed by atoms with E-state index in [2.05, 4.69) is 4.98 Å². The lowest BCUT2D eigenvalue weighted by molar-refractivity contribution is -0.0378. The van der Waals surface area contributed by atoms with Gasteiger partial charge in [0.1, 0.15) is 5.60 Å². The van der Waals surface area contributed by atoms with Crippen molar-refractivity contribution in [3.8, 4) is 0 Å². The molecule has 2 rings (SSSR count). The summed E-state index contributed by atoms with van der Waals surface area (Å²) in [5, 5.41) is 0. The zero-order valence-electron chi connectivity index (χ0n) is 14.0. The number of carbonyl (C=O) groups is 1. The normalized spacial score (nSPS) is 20.2. The third-order valence-corrected chi connectivity index (χ3v) is 3.68. The molecule has 1 aliphatic heterocycles. The average Bonchev–Trinajstić information content (AvgIpc) is 2.48. The molecule has 2 heterocycles. The van der Waals surface area contributed by atoms with Crippen molar-refractivity contribution in [2.75, 3.05) is 25.5 Å². The van der Waals surface area contributed by atoms with Crippen molar-refractivity contribution in [2.45, 2.75) is 44.9 Å². The molecule has 2 unspecified atom stereocenters. The second-order valence-electron chi connectivity index (χ2n) is 6.76. The van der Waals surface area contributed by atoms with Crippen LogP contribution in [0.4, 0.5) is 10.5 Å². The molecule has 1 aromatic heterocycles. The number of pyridine rings is 1. The standard InChI is InChI=1S/C16H26N4O3/c1-16(2,3)23-15(21)20-6-7-22-10-14(20)13(18)8-11-9-19-5-4-12(11)17/h4-5,9,13-14H,6-8,10,18H2,1-3H3,(H2,17,19). The molecule has 7 nitrogen and oxygen atoms in total. The van der Waals surface area contributed by atoms with Crippen LogP contribution in [0.15, 0.2) is 18.5 Å². The van der Waals surface area contributed by atoms with Crippen molar-refractivity contribution in [2.24, 2.45) is 5.73 Å². The number of ether oxygens (including phenoxy) is 2. The van der Waals surface area contributed by atoms with Crippen molar-refractivity contribution in [1.82, 2.24) is 9.88 Å². The Morgan fingerprint density at radius 3 is 2.96 bits per heavy atom.